The van der Waals surface area contributed by atoms with Gasteiger partial charge in [-0.2, -0.15) is 0 Å². The Hall–Kier alpha value is -1.67. The number of rotatable bonds is 6. The van der Waals surface area contributed by atoms with Crippen LogP contribution in [0.5, 0.6) is 0 Å². The van der Waals surface area contributed by atoms with Crippen molar-refractivity contribution < 1.29 is 4.39 Å². The molecule has 0 aromatic heterocycles. The molecular weight excluding hydrogens is 249 g/mol. The van der Waals surface area contributed by atoms with Crippen LogP contribution in [0.25, 0.3) is 11.1 Å². The number of hydrogen-bond donors (Lipinski definition) is 1. The fraction of sp³-hybridized carbons (Fsp3) is 0.333. The molecule has 0 fully saturated rings. The van der Waals surface area contributed by atoms with Crippen LogP contribution in [0, 0.1) is 5.82 Å². The van der Waals surface area contributed by atoms with Crippen molar-refractivity contribution in [3.05, 3.63) is 59.4 Å². The summed E-state index contributed by atoms with van der Waals surface area (Å²) in [6.45, 7) is 5.80. The molecule has 0 amide bonds. The third-order valence-corrected chi connectivity index (χ3v) is 3.39. The van der Waals surface area contributed by atoms with Gasteiger partial charge in [-0.15, -0.1) is 0 Å². The van der Waals surface area contributed by atoms with E-state index in [9.17, 15) is 4.39 Å². The summed E-state index contributed by atoms with van der Waals surface area (Å²) in [5.74, 6) is -0.144. The molecule has 0 aliphatic rings. The second-order valence-electron chi connectivity index (χ2n) is 5.04. The Morgan fingerprint density at radius 3 is 2.55 bits per heavy atom. The van der Waals surface area contributed by atoms with Gasteiger partial charge in [-0.1, -0.05) is 56.7 Å². The van der Waals surface area contributed by atoms with Crippen molar-refractivity contribution in [1.82, 2.24) is 5.32 Å². The topological polar surface area (TPSA) is 12.0 Å². The normalized spacial score (nSPS) is 10.8. The second-order valence-corrected chi connectivity index (χ2v) is 5.04. The first-order valence-electron chi connectivity index (χ1n) is 7.33. The zero-order valence-corrected chi connectivity index (χ0v) is 12.2. The molecule has 0 saturated carbocycles. The van der Waals surface area contributed by atoms with E-state index in [2.05, 4.69) is 24.4 Å². The monoisotopic (exact) mass is 271 g/mol. The molecule has 0 aliphatic heterocycles. The molecule has 0 heterocycles. The van der Waals surface area contributed by atoms with Crippen LogP contribution in [0.1, 0.15) is 31.4 Å². The maximum Gasteiger partial charge on any atom is 0.131 e. The molecule has 106 valence electrons. The number of benzene rings is 2. The molecule has 0 spiro atoms. The van der Waals surface area contributed by atoms with Gasteiger partial charge in [0, 0.05) is 12.1 Å². The molecule has 1 nitrogen and oxygen atoms in total. The van der Waals surface area contributed by atoms with Gasteiger partial charge < -0.3 is 5.32 Å². The summed E-state index contributed by atoms with van der Waals surface area (Å²) in [6, 6.07) is 13.7. The predicted octanol–water partition coefficient (Wildman–Crippen LogP) is 4.55. The largest absolute Gasteiger partial charge is 0.313 e. The summed E-state index contributed by atoms with van der Waals surface area (Å²) in [7, 11) is 0. The van der Waals surface area contributed by atoms with Gasteiger partial charge in [0.15, 0.2) is 0 Å². The van der Waals surface area contributed by atoms with E-state index in [1.165, 1.54) is 5.56 Å². The Bertz CT molecular complexity index is 563. The lowest BCUT2D eigenvalue weighted by atomic mass is 9.99. The van der Waals surface area contributed by atoms with E-state index in [0.717, 1.165) is 30.5 Å². The Morgan fingerprint density at radius 1 is 1.00 bits per heavy atom. The molecule has 0 bridgehead atoms. The highest BCUT2D eigenvalue weighted by molar-refractivity contribution is 5.65. The summed E-state index contributed by atoms with van der Waals surface area (Å²) in [6.07, 6.45) is 2.14. The van der Waals surface area contributed by atoms with Crippen LogP contribution in [0.15, 0.2) is 42.5 Å². The second kappa shape index (κ2) is 7.20. The van der Waals surface area contributed by atoms with Crippen molar-refractivity contribution >= 4 is 0 Å². The van der Waals surface area contributed by atoms with Gasteiger partial charge in [0.1, 0.15) is 5.82 Å². The number of nitrogens with one attached hydrogen (secondary N) is 1. The quantitative estimate of drug-likeness (QED) is 0.812. The van der Waals surface area contributed by atoms with Crippen molar-refractivity contribution in [2.75, 3.05) is 6.54 Å². The maximum absolute atomic E-state index is 14.3. The lowest BCUT2D eigenvalue weighted by Gasteiger charge is -2.08. The summed E-state index contributed by atoms with van der Waals surface area (Å²) < 4.78 is 14.3. The van der Waals surface area contributed by atoms with E-state index < -0.39 is 0 Å². The van der Waals surface area contributed by atoms with E-state index in [0.29, 0.717) is 12.1 Å². The summed E-state index contributed by atoms with van der Waals surface area (Å²) >= 11 is 0. The molecule has 2 rings (SSSR count). The minimum atomic E-state index is -0.144. The Morgan fingerprint density at radius 2 is 1.85 bits per heavy atom. The summed E-state index contributed by atoms with van der Waals surface area (Å²) in [4.78, 5) is 0. The first-order chi connectivity index (χ1) is 9.74. The van der Waals surface area contributed by atoms with E-state index in [4.69, 9.17) is 0 Å². The van der Waals surface area contributed by atoms with Crippen molar-refractivity contribution in [2.45, 2.75) is 33.2 Å². The third-order valence-electron chi connectivity index (χ3n) is 3.39. The minimum absolute atomic E-state index is 0.144. The SMILES string of the molecule is CCCc1cccc(-c2ccc(CNCC)cc2F)c1. The maximum atomic E-state index is 14.3. The van der Waals surface area contributed by atoms with Crippen LogP contribution in [0.2, 0.25) is 0 Å². The molecule has 0 aliphatic carbocycles. The number of hydrogen-bond acceptors (Lipinski definition) is 1. The van der Waals surface area contributed by atoms with Gasteiger partial charge >= 0.3 is 0 Å². The van der Waals surface area contributed by atoms with Crippen LogP contribution in [-0.2, 0) is 13.0 Å². The van der Waals surface area contributed by atoms with Gasteiger partial charge in [0.2, 0.25) is 0 Å². The number of aryl methyl sites for hydroxylation is 1. The first kappa shape index (κ1) is 14.7. The highest BCUT2D eigenvalue weighted by Gasteiger charge is 2.06. The Kier molecular flexibility index (Phi) is 5.31. The van der Waals surface area contributed by atoms with E-state index >= 15 is 0 Å². The van der Waals surface area contributed by atoms with E-state index in [1.807, 2.05) is 31.2 Å². The molecule has 20 heavy (non-hydrogen) atoms. The van der Waals surface area contributed by atoms with E-state index in [-0.39, 0.29) is 5.82 Å². The molecule has 0 unspecified atom stereocenters. The van der Waals surface area contributed by atoms with E-state index in [1.54, 1.807) is 6.07 Å². The van der Waals surface area contributed by atoms with Crippen LogP contribution in [0.3, 0.4) is 0 Å². The lowest BCUT2D eigenvalue weighted by molar-refractivity contribution is 0.625. The van der Waals surface area contributed by atoms with Crippen molar-refractivity contribution in [3.63, 3.8) is 0 Å². The predicted molar refractivity (Wildman–Crippen MR) is 83.2 cm³/mol. The Labute approximate surface area is 120 Å². The van der Waals surface area contributed by atoms with Crippen LogP contribution < -0.4 is 5.32 Å². The van der Waals surface area contributed by atoms with Gasteiger partial charge in [-0.25, -0.2) is 4.39 Å². The lowest BCUT2D eigenvalue weighted by Crippen LogP contribution is -2.11. The molecule has 1 N–H and O–H groups in total. The fourth-order valence-electron chi connectivity index (χ4n) is 2.36. The third kappa shape index (κ3) is 3.67. The summed E-state index contributed by atoms with van der Waals surface area (Å²) in [5, 5.41) is 3.21. The highest BCUT2D eigenvalue weighted by Crippen LogP contribution is 2.25. The zero-order valence-electron chi connectivity index (χ0n) is 12.2. The molecular formula is C18H22FN. The van der Waals surface area contributed by atoms with Crippen LogP contribution >= 0.6 is 0 Å². The fourth-order valence-corrected chi connectivity index (χ4v) is 2.36. The van der Waals surface area contributed by atoms with Crippen LogP contribution in [0.4, 0.5) is 4.39 Å². The molecule has 0 atom stereocenters. The highest BCUT2D eigenvalue weighted by atomic mass is 19.1. The summed E-state index contributed by atoms with van der Waals surface area (Å²) in [5.41, 5.74) is 3.89. The van der Waals surface area contributed by atoms with Crippen molar-refractivity contribution in [3.8, 4) is 11.1 Å². The average Bonchev–Trinajstić information content (AvgIpc) is 2.46. The van der Waals surface area contributed by atoms with Gasteiger partial charge in [-0.3, -0.25) is 0 Å². The first-order valence-corrected chi connectivity index (χ1v) is 7.33. The zero-order chi connectivity index (χ0) is 14.4. The van der Waals surface area contributed by atoms with Crippen LogP contribution in [-0.4, -0.2) is 6.54 Å². The molecule has 2 heteroatoms. The van der Waals surface area contributed by atoms with Crippen molar-refractivity contribution in [1.29, 1.82) is 0 Å². The average molecular weight is 271 g/mol. The smallest absolute Gasteiger partial charge is 0.131 e. The van der Waals surface area contributed by atoms with Gasteiger partial charge in [0.05, 0.1) is 0 Å². The minimum Gasteiger partial charge on any atom is -0.313 e. The Balaban J connectivity index is 2.26. The standard InChI is InChI=1S/C18H22FN/c1-3-6-14-7-5-8-16(11-14)17-10-9-15(12-18(17)19)13-20-4-2/h5,7-12,20H,3-4,6,13H2,1-2H3. The van der Waals surface area contributed by atoms with Gasteiger partial charge in [0.25, 0.3) is 0 Å². The number of halogens is 1. The molecule has 0 saturated heterocycles. The molecule has 0 radical (unpaired) electrons. The van der Waals surface area contributed by atoms with Gasteiger partial charge in [-0.05, 0) is 35.7 Å². The molecule has 2 aromatic carbocycles. The van der Waals surface area contributed by atoms with Crippen molar-refractivity contribution in [2.24, 2.45) is 0 Å². The molecule has 2 aromatic rings.